The van der Waals surface area contributed by atoms with E-state index in [0.29, 0.717) is 43.2 Å². The predicted octanol–water partition coefficient (Wildman–Crippen LogP) is 3.20. The number of ether oxygens (including phenoxy) is 2. The molecule has 1 aliphatic rings. The van der Waals surface area contributed by atoms with Gasteiger partial charge in [-0.1, -0.05) is 24.3 Å². The number of para-hydroxylation sites is 1. The molecule has 1 aromatic heterocycles. The molecule has 0 fully saturated rings. The zero-order chi connectivity index (χ0) is 19.3. The van der Waals surface area contributed by atoms with Crippen molar-refractivity contribution in [3.8, 4) is 17.6 Å². The average Bonchev–Trinajstić information content (AvgIpc) is 3.15. The Kier molecular flexibility index (Phi) is 4.98. The molecular weight excluding hydrogens is 354 g/mol. The van der Waals surface area contributed by atoms with Crippen molar-refractivity contribution >= 4 is 22.9 Å². The fourth-order valence-corrected chi connectivity index (χ4v) is 3.21. The smallest absolute Gasteiger partial charge is 0.261 e. The molecule has 0 bridgehead atoms. The SMILES string of the molecule is N#CC(=Cc1ccc2c(c1)OCCO2)C(=O)NCCc1c[nH]c2ccccc12. The molecule has 2 aromatic carbocycles. The molecule has 4 rings (SSSR count). The molecule has 6 heteroatoms. The second-order valence-corrected chi connectivity index (χ2v) is 6.44. The van der Waals surface area contributed by atoms with Crippen molar-refractivity contribution in [1.29, 1.82) is 5.26 Å². The van der Waals surface area contributed by atoms with Crippen LogP contribution in [0.4, 0.5) is 0 Å². The van der Waals surface area contributed by atoms with Crippen LogP contribution in [0.1, 0.15) is 11.1 Å². The number of nitrogens with one attached hydrogen (secondary N) is 2. The normalized spacial score (nSPS) is 13.2. The fourth-order valence-electron chi connectivity index (χ4n) is 3.21. The third-order valence-corrected chi connectivity index (χ3v) is 4.60. The number of nitrogens with zero attached hydrogens (tertiary/aromatic N) is 1. The van der Waals surface area contributed by atoms with Crippen molar-refractivity contribution < 1.29 is 14.3 Å². The average molecular weight is 373 g/mol. The Bertz CT molecular complexity index is 1090. The highest BCUT2D eigenvalue weighted by molar-refractivity contribution is 6.01. The Hall–Kier alpha value is -3.72. The molecule has 0 radical (unpaired) electrons. The molecule has 28 heavy (non-hydrogen) atoms. The maximum atomic E-state index is 12.4. The van der Waals surface area contributed by atoms with E-state index in [4.69, 9.17) is 9.47 Å². The van der Waals surface area contributed by atoms with E-state index in [-0.39, 0.29) is 5.57 Å². The fraction of sp³-hybridized carbons (Fsp3) is 0.182. The third-order valence-electron chi connectivity index (χ3n) is 4.60. The minimum absolute atomic E-state index is 0.0515. The van der Waals surface area contributed by atoms with E-state index >= 15 is 0 Å². The van der Waals surface area contributed by atoms with E-state index in [9.17, 15) is 10.1 Å². The van der Waals surface area contributed by atoms with Crippen molar-refractivity contribution in [1.82, 2.24) is 10.3 Å². The predicted molar refractivity (Wildman–Crippen MR) is 106 cm³/mol. The molecule has 140 valence electrons. The summed E-state index contributed by atoms with van der Waals surface area (Å²) in [6, 6.07) is 15.3. The van der Waals surface area contributed by atoms with Crippen LogP contribution in [0.3, 0.4) is 0 Å². The van der Waals surface area contributed by atoms with Crippen molar-refractivity contribution in [2.24, 2.45) is 0 Å². The highest BCUT2D eigenvalue weighted by Crippen LogP contribution is 2.31. The van der Waals surface area contributed by atoms with Gasteiger partial charge in [0.15, 0.2) is 11.5 Å². The minimum Gasteiger partial charge on any atom is -0.486 e. The van der Waals surface area contributed by atoms with Crippen molar-refractivity contribution in [3.63, 3.8) is 0 Å². The number of hydrogen-bond donors (Lipinski definition) is 2. The van der Waals surface area contributed by atoms with Crippen LogP contribution in [0.2, 0.25) is 0 Å². The van der Waals surface area contributed by atoms with Crippen molar-refractivity contribution in [2.45, 2.75) is 6.42 Å². The largest absolute Gasteiger partial charge is 0.486 e. The second-order valence-electron chi connectivity index (χ2n) is 6.44. The molecule has 3 aromatic rings. The quantitative estimate of drug-likeness (QED) is 0.531. The maximum absolute atomic E-state index is 12.4. The Labute approximate surface area is 162 Å². The van der Waals surface area contributed by atoms with Gasteiger partial charge in [-0.3, -0.25) is 4.79 Å². The van der Waals surface area contributed by atoms with Crippen LogP contribution in [0.15, 0.2) is 54.2 Å². The van der Waals surface area contributed by atoms with Crippen LogP contribution in [-0.2, 0) is 11.2 Å². The Balaban J connectivity index is 1.41. The molecule has 1 amide bonds. The number of nitriles is 1. The van der Waals surface area contributed by atoms with E-state index < -0.39 is 5.91 Å². The number of H-pyrrole nitrogens is 1. The lowest BCUT2D eigenvalue weighted by Gasteiger charge is -2.18. The van der Waals surface area contributed by atoms with Gasteiger partial charge in [0.05, 0.1) is 0 Å². The molecule has 0 saturated carbocycles. The third kappa shape index (κ3) is 3.69. The lowest BCUT2D eigenvalue weighted by atomic mass is 10.1. The van der Waals surface area contributed by atoms with Crippen LogP contribution in [0, 0.1) is 11.3 Å². The van der Waals surface area contributed by atoms with E-state index in [2.05, 4.69) is 10.3 Å². The van der Waals surface area contributed by atoms with Crippen LogP contribution >= 0.6 is 0 Å². The van der Waals surface area contributed by atoms with Gasteiger partial charge in [0.25, 0.3) is 5.91 Å². The Morgan fingerprint density at radius 1 is 1.18 bits per heavy atom. The lowest BCUT2D eigenvalue weighted by Crippen LogP contribution is -2.26. The lowest BCUT2D eigenvalue weighted by molar-refractivity contribution is -0.117. The second kappa shape index (κ2) is 7.89. The zero-order valence-corrected chi connectivity index (χ0v) is 15.2. The highest BCUT2D eigenvalue weighted by atomic mass is 16.6. The molecular formula is C22H19N3O3. The molecule has 1 aliphatic heterocycles. The summed E-state index contributed by atoms with van der Waals surface area (Å²) in [6.07, 6.45) is 4.19. The first kappa shape index (κ1) is 17.7. The summed E-state index contributed by atoms with van der Waals surface area (Å²) in [5, 5.41) is 13.3. The standard InChI is InChI=1S/C22H19N3O3/c23-13-17(11-15-5-6-20-21(12-15)28-10-9-27-20)22(26)24-8-7-16-14-25-19-4-2-1-3-18(16)19/h1-6,11-12,14,25H,7-10H2,(H,24,26). The highest BCUT2D eigenvalue weighted by Gasteiger charge is 2.13. The number of rotatable bonds is 5. The topological polar surface area (TPSA) is 87.1 Å². The van der Waals surface area contributed by atoms with E-state index in [1.165, 1.54) is 0 Å². The van der Waals surface area contributed by atoms with Crippen LogP contribution in [-0.4, -0.2) is 30.6 Å². The molecule has 0 saturated heterocycles. The van der Waals surface area contributed by atoms with Crippen LogP contribution < -0.4 is 14.8 Å². The molecule has 0 aliphatic carbocycles. The van der Waals surface area contributed by atoms with Gasteiger partial charge in [0.1, 0.15) is 24.9 Å². The van der Waals surface area contributed by atoms with Crippen LogP contribution in [0.25, 0.3) is 17.0 Å². The van der Waals surface area contributed by atoms with E-state index in [1.54, 1.807) is 24.3 Å². The Morgan fingerprint density at radius 3 is 2.86 bits per heavy atom. The number of aromatic amines is 1. The number of aromatic nitrogens is 1. The van der Waals surface area contributed by atoms with Crippen LogP contribution in [0.5, 0.6) is 11.5 Å². The molecule has 0 spiro atoms. The van der Waals surface area contributed by atoms with Gasteiger partial charge in [-0.2, -0.15) is 5.26 Å². The molecule has 2 heterocycles. The first-order valence-corrected chi connectivity index (χ1v) is 9.09. The van der Waals surface area contributed by atoms with E-state index in [1.807, 2.05) is 36.5 Å². The van der Waals surface area contributed by atoms with Crippen molar-refractivity contribution in [2.75, 3.05) is 19.8 Å². The zero-order valence-electron chi connectivity index (χ0n) is 15.2. The number of hydrogen-bond acceptors (Lipinski definition) is 4. The maximum Gasteiger partial charge on any atom is 0.261 e. The first-order valence-electron chi connectivity index (χ1n) is 9.09. The summed E-state index contributed by atoms with van der Waals surface area (Å²) in [7, 11) is 0. The van der Waals surface area contributed by atoms with Gasteiger partial charge in [-0.25, -0.2) is 0 Å². The molecule has 0 atom stereocenters. The summed E-state index contributed by atoms with van der Waals surface area (Å²) in [4.78, 5) is 15.6. The minimum atomic E-state index is -0.391. The number of carbonyl (C=O) groups is 1. The number of carbonyl (C=O) groups excluding carboxylic acids is 1. The number of fused-ring (bicyclic) bond motifs is 2. The van der Waals surface area contributed by atoms with Gasteiger partial charge in [-0.05, 0) is 41.8 Å². The molecule has 2 N–H and O–H groups in total. The molecule has 6 nitrogen and oxygen atoms in total. The van der Waals surface area contributed by atoms with Gasteiger partial charge in [0, 0.05) is 23.6 Å². The first-order chi connectivity index (χ1) is 13.7. The summed E-state index contributed by atoms with van der Waals surface area (Å²) in [6.45, 7) is 1.45. The van der Waals surface area contributed by atoms with Gasteiger partial charge < -0.3 is 19.8 Å². The van der Waals surface area contributed by atoms with E-state index in [0.717, 1.165) is 16.5 Å². The number of benzene rings is 2. The Morgan fingerprint density at radius 2 is 2.00 bits per heavy atom. The van der Waals surface area contributed by atoms with Crippen molar-refractivity contribution in [3.05, 3.63) is 65.4 Å². The van der Waals surface area contributed by atoms with Gasteiger partial charge >= 0.3 is 0 Å². The summed E-state index contributed by atoms with van der Waals surface area (Å²) in [5.74, 6) is 0.902. The van der Waals surface area contributed by atoms with Gasteiger partial charge in [-0.15, -0.1) is 0 Å². The summed E-state index contributed by atoms with van der Waals surface area (Å²) < 4.78 is 11.0. The summed E-state index contributed by atoms with van der Waals surface area (Å²) in [5.41, 5.74) is 2.97. The monoisotopic (exact) mass is 373 g/mol. The molecule has 0 unspecified atom stereocenters. The number of amides is 1. The van der Waals surface area contributed by atoms with Gasteiger partial charge in [0.2, 0.25) is 0 Å². The summed E-state index contributed by atoms with van der Waals surface area (Å²) >= 11 is 0.